The maximum Gasteiger partial charge on any atom is 0.410 e. The van der Waals surface area contributed by atoms with Crippen molar-refractivity contribution in [3.63, 3.8) is 0 Å². The van der Waals surface area contributed by atoms with Crippen molar-refractivity contribution < 1.29 is 23.8 Å². The molecule has 1 saturated heterocycles. The van der Waals surface area contributed by atoms with Gasteiger partial charge in [-0.3, -0.25) is 4.79 Å². The van der Waals surface area contributed by atoms with Crippen molar-refractivity contribution in [2.24, 2.45) is 5.92 Å². The third kappa shape index (κ3) is 5.82. The van der Waals surface area contributed by atoms with Gasteiger partial charge in [0.05, 0.1) is 17.5 Å². The quantitative estimate of drug-likeness (QED) is 0.597. The molecule has 0 unspecified atom stereocenters. The minimum atomic E-state index is -0.709. The summed E-state index contributed by atoms with van der Waals surface area (Å²) in [4.78, 5) is 37.2. The first-order valence-corrected chi connectivity index (χ1v) is 12.8. The van der Waals surface area contributed by atoms with Gasteiger partial charge in [-0.15, -0.1) is 0 Å². The number of fused-ring (bicyclic) bond motifs is 2. The highest BCUT2D eigenvalue weighted by Gasteiger charge is 2.55. The molecule has 204 valence electrons. The first-order valence-electron chi connectivity index (χ1n) is 12.8. The number of nitrogens with one attached hydrogen (secondary N) is 1. The molecule has 1 saturated carbocycles. The Hall–Kier alpha value is -2.92. The standard InChI is InChI=1S/C26H40N6O5/c1-25(2,3)37-24(34)30(7)11-10-19(33)31(8)14-16-13-18(21-20(16)35-26(4,5)36-21)32-12-9-17-22(27-6)28-15-29-23(17)32/h9,12,15-16,18,20-21H,10-11,13-14H2,1-8H3,(H,27,28,29)/t16-,18-,20-,21+/m1/s1. The first kappa shape index (κ1) is 27.1. The molecular weight excluding hydrogens is 476 g/mol. The van der Waals surface area contributed by atoms with E-state index in [4.69, 9.17) is 14.2 Å². The van der Waals surface area contributed by atoms with E-state index in [1.807, 2.05) is 53.9 Å². The number of nitrogens with zero attached hydrogens (tertiary/aromatic N) is 5. The monoisotopic (exact) mass is 516 g/mol. The molecular formula is C26H40N6O5. The lowest BCUT2D eigenvalue weighted by atomic mass is 10.0. The average Bonchev–Trinajstić information content (AvgIpc) is 3.47. The number of hydrogen-bond acceptors (Lipinski definition) is 8. The average molecular weight is 517 g/mol. The zero-order valence-electron chi connectivity index (χ0n) is 23.1. The molecule has 0 radical (unpaired) electrons. The highest BCUT2D eigenvalue weighted by molar-refractivity contribution is 5.87. The van der Waals surface area contributed by atoms with Crippen molar-refractivity contribution in [2.45, 2.75) is 77.1 Å². The minimum Gasteiger partial charge on any atom is -0.444 e. The van der Waals surface area contributed by atoms with E-state index in [9.17, 15) is 9.59 Å². The van der Waals surface area contributed by atoms with Crippen molar-refractivity contribution in [3.8, 4) is 0 Å². The summed E-state index contributed by atoms with van der Waals surface area (Å²) in [7, 11) is 5.29. The van der Waals surface area contributed by atoms with Crippen molar-refractivity contribution in [1.29, 1.82) is 0 Å². The van der Waals surface area contributed by atoms with Crippen LogP contribution in [0.4, 0.5) is 10.6 Å². The van der Waals surface area contributed by atoms with Gasteiger partial charge < -0.3 is 33.9 Å². The zero-order valence-corrected chi connectivity index (χ0v) is 23.1. The second kappa shape index (κ2) is 10.1. The number of rotatable bonds is 7. The van der Waals surface area contributed by atoms with Gasteiger partial charge in [-0.05, 0) is 47.1 Å². The van der Waals surface area contributed by atoms with Gasteiger partial charge >= 0.3 is 6.09 Å². The lowest BCUT2D eigenvalue weighted by Gasteiger charge is -2.28. The third-order valence-electron chi connectivity index (χ3n) is 6.96. The van der Waals surface area contributed by atoms with Gasteiger partial charge in [0.15, 0.2) is 5.79 Å². The Balaban J connectivity index is 1.44. The summed E-state index contributed by atoms with van der Waals surface area (Å²) in [6.45, 7) is 10.1. The molecule has 11 heteroatoms. The van der Waals surface area contributed by atoms with Crippen molar-refractivity contribution >= 4 is 28.9 Å². The molecule has 1 aliphatic heterocycles. The maximum atomic E-state index is 13.0. The Labute approximate surface area is 218 Å². The predicted molar refractivity (Wildman–Crippen MR) is 139 cm³/mol. The fraction of sp³-hybridized carbons (Fsp3) is 0.692. The Kier molecular flexibility index (Phi) is 7.40. The SMILES string of the molecule is CNc1ncnc2c1ccn2[C@@H]1C[C@H](CN(C)C(=O)CCN(C)C(=O)OC(C)(C)C)[C@H]2OC(C)(C)O[C@H]21. The Bertz CT molecular complexity index is 1140. The molecule has 4 atom stereocenters. The lowest BCUT2D eigenvalue weighted by Crippen LogP contribution is -2.39. The molecule has 37 heavy (non-hydrogen) atoms. The number of ether oxygens (including phenoxy) is 3. The normalized spacial score (nSPS) is 24.6. The van der Waals surface area contributed by atoms with Crippen LogP contribution in [-0.2, 0) is 19.0 Å². The molecule has 11 nitrogen and oxygen atoms in total. The number of hydrogen-bond donors (Lipinski definition) is 1. The molecule has 1 N–H and O–H groups in total. The van der Waals surface area contributed by atoms with Crippen LogP contribution < -0.4 is 5.32 Å². The Morgan fingerprint density at radius 2 is 1.89 bits per heavy atom. The van der Waals surface area contributed by atoms with E-state index in [0.29, 0.717) is 6.54 Å². The largest absolute Gasteiger partial charge is 0.444 e. The van der Waals surface area contributed by atoms with Gasteiger partial charge in [0.2, 0.25) is 5.91 Å². The van der Waals surface area contributed by atoms with Gasteiger partial charge in [-0.1, -0.05) is 0 Å². The number of anilines is 1. The zero-order chi connectivity index (χ0) is 27.1. The highest BCUT2D eigenvalue weighted by Crippen LogP contribution is 2.48. The van der Waals surface area contributed by atoms with E-state index in [2.05, 4.69) is 19.9 Å². The number of carbonyl (C=O) groups is 2. The predicted octanol–water partition coefficient (Wildman–Crippen LogP) is 3.27. The summed E-state index contributed by atoms with van der Waals surface area (Å²) in [5.74, 6) is 0.114. The summed E-state index contributed by atoms with van der Waals surface area (Å²) in [5, 5.41) is 4.07. The second-order valence-corrected chi connectivity index (χ2v) is 11.5. The lowest BCUT2D eigenvalue weighted by molar-refractivity contribution is -0.161. The fourth-order valence-electron chi connectivity index (χ4n) is 5.28. The van der Waals surface area contributed by atoms with E-state index in [1.54, 1.807) is 25.3 Å². The molecule has 2 fully saturated rings. The van der Waals surface area contributed by atoms with Crippen LogP contribution in [0.2, 0.25) is 0 Å². The number of amides is 2. The Morgan fingerprint density at radius 1 is 1.19 bits per heavy atom. The molecule has 1 aliphatic carbocycles. The minimum absolute atomic E-state index is 0.00989. The second-order valence-electron chi connectivity index (χ2n) is 11.5. The van der Waals surface area contributed by atoms with Crippen LogP contribution in [0.15, 0.2) is 18.6 Å². The van der Waals surface area contributed by atoms with E-state index in [0.717, 1.165) is 23.3 Å². The fourth-order valence-corrected chi connectivity index (χ4v) is 5.28. The summed E-state index contributed by atoms with van der Waals surface area (Å²) in [6.07, 6.45) is 3.83. The van der Waals surface area contributed by atoms with Crippen LogP contribution >= 0.6 is 0 Å². The Morgan fingerprint density at radius 3 is 2.57 bits per heavy atom. The first-order chi connectivity index (χ1) is 17.3. The summed E-state index contributed by atoms with van der Waals surface area (Å²) >= 11 is 0. The summed E-state index contributed by atoms with van der Waals surface area (Å²) in [6, 6.07) is 2.03. The van der Waals surface area contributed by atoms with Gasteiger partial charge in [-0.2, -0.15) is 0 Å². The van der Waals surface area contributed by atoms with Crippen LogP contribution in [0.3, 0.4) is 0 Å². The number of carbonyl (C=O) groups excluding carboxylic acids is 2. The van der Waals surface area contributed by atoms with Crippen molar-refractivity contribution in [2.75, 3.05) is 39.5 Å². The summed E-state index contributed by atoms with van der Waals surface area (Å²) in [5.41, 5.74) is 0.261. The molecule has 2 aromatic rings. The van der Waals surface area contributed by atoms with E-state index >= 15 is 0 Å². The third-order valence-corrected chi connectivity index (χ3v) is 6.96. The van der Waals surface area contributed by atoms with Crippen molar-refractivity contribution in [3.05, 3.63) is 18.6 Å². The number of aromatic nitrogens is 3. The van der Waals surface area contributed by atoms with Crippen LogP contribution in [0.5, 0.6) is 0 Å². The molecule has 3 heterocycles. The molecule has 0 spiro atoms. The van der Waals surface area contributed by atoms with Gasteiger partial charge in [-0.25, -0.2) is 14.8 Å². The van der Waals surface area contributed by atoms with E-state index in [1.165, 1.54) is 4.90 Å². The van der Waals surface area contributed by atoms with Crippen molar-refractivity contribution in [1.82, 2.24) is 24.3 Å². The van der Waals surface area contributed by atoms with Gasteiger partial charge in [0, 0.05) is 52.8 Å². The highest BCUT2D eigenvalue weighted by atomic mass is 16.8. The van der Waals surface area contributed by atoms with Crippen LogP contribution in [0, 0.1) is 5.92 Å². The topological polar surface area (TPSA) is 111 Å². The maximum absolute atomic E-state index is 13.0. The molecule has 4 rings (SSSR count). The molecule has 2 amide bonds. The molecule has 2 aromatic heterocycles. The van der Waals surface area contributed by atoms with Crippen LogP contribution in [-0.4, -0.2) is 94.2 Å². The van der Waals surface area contributed by atoms with Crippen LogP contribution in [0.1, 0.15) is 53.5 Å². The van der Waals surface area contributed by atoms with Gasteiger partial charge in [0.25, 0.3) is 0 Å². The summed E-state index contributed by atoms with van der Waals surface area (Å²) < 4.78 is 20.2. The smallest absolute Gasteiger partial charge is 0.410 e. The van der Waals surface area contributed by atoms with Gasteiger partial charge in [0.1, 0.15) is 29.5 Å². The molecule has 2 aliphatic rings. The van der Waals surface area contributed by atoms with Crippen LogP contribution in [0.25, 0.3) is 11.0 Å². The van der Waals surface area contributed by atoms with E-state index < -0.39 is 17.5 Å². The molecule has 0 aromatic carbocycles. The van der Waals surface area contributed by atoms with E-state index in [-0.39, 0.29) is 43.0 Å². The molecule has 0 bridgehead atoms.